The summed E-state index contributed by atoms with van der Waals surface area (Å²) in [6, 6.07) is 0.371. The van der Waals surface area contributed by atoms with Crippen LogP contribution in [0.2, 0.25) is 0 Å². The van der Waals surface area contributed by atoms with E-state index in [0.717, 1.165) is 45.2 Å². The van der Waals surface area contributed by atoms with Crippen molar-refractivity contribution in [2.24, 2.45) is 5.92 Å². The molecule has 0 aromatic carbocycles. The summed E-state index contributed by atoms with van der Waals surface area (Å²) in [5.74, 6) is 0.698. The zero-order chi connectivity index (χ0) is 15.1. The molecule has 0 atom stereocenters. The Kier molecular flexibility index (Phi) is 6.81. The van der Waals surface area contributed by atoms with Crippen LogP contribution in [0, 0.1) is 5.92 Å². The third-order valence-corrected chi connectivity index (χ3v) is 5.01. The van der Waals surface area contributed by atoms with E-state index in [1.807, 2.05) is 4.90 Å². The number of amides is 2. The molecule has 0 aromatic rings. The minimum atomic E-state index is -0.160. The lowest BCUT2D eigenvalue weighted by Gasteiger charge is -2.32. The van der Waals surface area contributed by atoms with E-state index in [4.69, 9.17) is 0 Å². The van der Waals surface area contributed by atoms with Gasteiger partial charge in [0.25, 0.3) is 0 Å². The van der Waals surface area contributed by atoms with Crippen molar-refractivity contribution in [3.05, 3.63) is 0 Å². The molecule has 2 saturated carbocycles. The molecule has 0 unspecified atom stereocenters. The molecule has 2 rings (SSSR count). The van der Waals surface area contributed by atoms with Gasteiger partial charge in [0.2, 0.25) is 0 Å². The number of rotatable bonds is 5. The van der Waals surface area contributed by atoms with E-state index in [2.05, 4.69) is 12.2 Å². The van der Waals surface area contributed by atoms with Gasteiger partial charge in [0.05, 0.1) is 6.10 Å². The van der Waals surface area contributed by atoms with Gasteiger partial charge in [-0.25, -0.2) is 4.79 Å². The maximum atomic E-state index is 12.5. The van der Waals surface area contributed by atoms with Crippen molar-refractivity contribution in [1.29, 1.82) is 0 Å². The topological polar surface area (TPSA) is 52.6 Å². The largest absolute Gasteiger partial charge is 0.393 e. The zero-order valence-electron chi connectivity index (χ0n) is 13.5. The van der Waals surface area contributed by atoms with Crippen LogP contribution in [0.25, 0.3) is 0 Å². The Morgan fingerprint density at radius 3 is 2.38 bits per heavy atom. The van der Waals surface area contributed by atoms with Gasteiger partial charge in [0.1, 0.15) is 0 Å². The summed E-state index contributed by atoms with van der Waals surface area (Å²) in [5, 5.41) is 12.7. The van der Waals surface area contributed by atoms with Crippen LogP contribution in [-0.4, -0.2) is 41.3 Å². The molecule has 0 aromatic heterocycles. The van der Waals surface area contributed by atoms with Crippen molar-refractivity contribution >= 4 is 6.03 Å². The van der Waals surface area contributed by atoms with Gasteiger partial charge >= 0.3 is 6.03 Å². The highest BCUT2D eigenvalue weighted by Gasteiger charge is 2.24. The van der Waals surface area contributed by atoms with Gasteiger partial charge in [0, 0.05) is 19.1 Å². The first-order chi connectivity index (χ1) is 10.2. The van der Waals surface area contributed by atoms with Crippen LogP contribution in [0.3, 0.4) is 0 Å². The molecule has 21 heavy (non-hydrogen) atoms. The van der Waals surface area contributed by atoms with Gasteiger partial charge in [0.15, 0.2) is 0 Å². The molecule has 2 aliphatic rings. The first-order valence-corrected chi connectivity index (χ1v) is 8.92. The van der Waals surface area contributed by atoms with E-state index < -0.39 is 0 Å². The molecule has 0 heterocycles. The van der Waals surface area contributed by atoms with Crippen LogP contribution < -0.4 is 5.32 Å². The van der Waals surface area contributed by atoms with Gasteiger partial charge < -0.3 is 15.3 Å². The number of urea groups is 1. The Labute approximate surface area is 129 Å². The number of aliphatic hydroxyl groups excluding tert-OH is 1. The normalized spacial score (nSPS) is 27.3. The third-order valence-electron chi connectivity index (χ3n) is 5.01. The molecule has 2 aliphatic carbocycles. The molecule has 2 fully saturated rings. The molecule has 0 aliphatic heterocycles. The molecule has 4 nitrogen and oxygen atoms in total. The van der Waals surface area contributed by atoms with Gasteiger partial charge in [-0.1, -0.05) is 26.2 Å². The molecule has 2 amide bonds. The smallest absolute Gasteiger partial charge is 0.317 e. The second-order valence-electron chi connectivity index (χ2n) is 6.90. The van der Waals surface area contributed by atoms with Gasteiger partial charge in [-0.05, 0) is 50.9 Å². The van der Waals surface area contributed by atoms with E-state index in [-0.39, 0.29) is 18.2 Å². The second-order valence-corrected chi connectivity index (χ2v) is 6.90. The number of aliphatic hydroxyl groups is 1. The Morgan fingerprint density at radius 2 is 1.76 bits per heavy atom. The Morgan fingerprint density at radius 1 is 1.10 bits per heavy atom. The lowest BCUT2D eigenvalue weighted by atomic mass is 9.89. The van der Waals surface area contributed by atoms with Crippen molar-refractivity contribution in [3.8, 4) is 0 Å². The van der Waals surface area contributed by atoms with Crippen LogP contribution in [-0.2, 0) is 0 Å². The van der Waals surface area contributed by atoms with E-state index in [1.165, 1.54) is 32.1 Å². The zero-order valence-corrected chi connectivity index (χ0v) is 13.5. The Hall–Kier alpha value is -0.770. The fraction of sp³-hybridized carbons (Fsp3) is 0.941. The molecule has 0 radical (unpaired) electrons. The average molecular weight is 296 g/mol. The molecule has 0 saturated heterocycles. The summed E-state index contributed by atoms with van der Waals surface area (Å²) in [5.41, 5.74) is 0. The van der Waals surface area contributed by atoms with Gasteiger partial charge in [-0.15, -0.1) is 0 Å². The SMILES string of the molecule is CCCN(CC1CCCCC1)C(=O)NC1CCC(O)CC1. The lowest BCUT2D eigenvalue weighted by molar-refractivity contribution is 0.114. The molecular formula is C17H32N2O2. The van der Waals surface area contributed by atoms with Crippen LogP contribution in [0.1, 0.15) is 71.1 Å². The fourth-order valence-corrected chi connectivity index (χ4v) is 3.71. The first kappa shape index (κ1) is 16.6. The second kappa shape index (κ2) is 8.62. The molecule has 0 spiro atoms. The van der Waals surface area contributed by atoms with Crippen molar-refractivity contribution in [3.63, 3.8) is 0 Å². The Bertz CT molecular complexity index is 308. The van der Waals surface area contributed by atoms with Crippen molar-refractivity contribution < 1.29 is 9.90 Å². The number of nitrogens with zero attached hydrogens (tertiary/aromatic N) is 1. The summed E-state index contributed by atoms with van der Waals surface area (Å²) >= 11 is 0. The van der Waals surface area contributed by atoms with Crippen molar-refractivity contribution in [2.75, 3.05) is 13.1 Å². The molecular weight excluding hydrogens is 264 g/mol. The highest BCUT2D eigenvalue weighted by molar-refractivity contribution is 5.74. The highest BCUT2D eigenvalue weighted by atomic mass is 16.3. The summed E-state index contributed by atoms with van der Waals surface area (Å²) in [7, 11) is 0. The van der Waals surface area contributed by atoms with Gasteiger partial charge in [-0.2, -0.15) is 0 Å². The predicted molar refractivity (Wildman–Crippen MR) is 85.2 cm³/mol. The van der Waals surface area contributed by atoms with Crippen molar-refractivity contribution in [1.82, 2.24) is 10.2 Å². The van der Waals surface area contributed by atoms with Crippen LogP contribution in [0.4, 0.5) is 4.79 Å². The maximum Gasteiger partial charge on any atom is 0.317 e. The van der Waals surface area contributed by atoms with Crippen molar-refractivity contribution in [2.45, 2.75) is 83.3 Å². The maximum absolute atomic E-state index is 12.5. The van der Waals surface area contributed by atoms with Gasteiger partial charge in [-0.3, -0.25) is 0 Å². The minimum Gasteiger partial charge on any atom is -0.393 e. The summed E-state index contributed by atoms with van der Waals surface area (Å²) < 4.78 is 0. The van der Waals surface area contributed by atoms with Crippen LogP contribution in [0.5, 0.6) is 0 Å². The summed E-state index contributed by atoms with van der Waals surface area (Å²) in [4.78, 5) is 14.5. The number of nitrogens with one attached hydrogen (secondary N) is 1. The van der Waals surface area contributed by atoms with E-state index >= 15 is 0 Å². The van der Waals surface area contributed by atoms with E-state index in [0.29, 0.717) is 5.92 Å². The summed E-state index contributed by atoms with van der Waals surface area (Å²) in [6.07, 6.45) is 10.9. The number of hydrogen-bond donors (Lipinski definition) is 2. The highest BCUT2D eigenvalue weighted by Crippen LogP contribution is 2.25. The first-order valence-electron chi connectivity index (χ1n) is 8.92. The summed E-state index contributed by atoms with van der Waals surface area (Å²) in [6.45, 7) is 3.92. The fourth-order valence-electron chi connectivity index (χ4n) is 3.71. The predicted octanol–water partition coefficient (Wildman–Crippen LogP) is 3.29. The molecule has 2 N–H and O–H groups in total. The number of carbonyl (C=O) groups excluding carboxylic acids is 1. The molecule has 122 valence electrons. The molecule has 0 bridgehead atoms. The minimum absolute atomic E-state index is 0.115. The number of hydrogen-bond acceptors (Lipinski definition) is 2. The number of carbonyl (C=O) groups is 1. The molecule has 4 heteroatoms. The lowest BCUT2D eigenvalue weighted by Crippen LogP contribution is -2.48. The monoisotopic (exact) mass is 296 g/mol. The van der Waals surface area contributed by atoms with Crippen LogP contribution >= 0.6 is 0 Å². The quantitative estimate of drug-likeness (QED) is 0.818. The Balaban J connectivity index is 1.80. The van der Waals surface area contributed by atoms with E-state index in [1.54, 1.807) is 0 Å². The van der Waals surface area contributed by atoms with E-state index in [9.17, 15) is 9.90 Å². The van der Waals surface area contributed by atoms with Crippen LogP contribution in [0.15, 0.2) is 0 Å². The standard InChI is InChI=1S/C17H32N2O2/c1-2-12-19(13-14-6-4-3-5-7-14)17(21)18-15-8-10-16(20)11-9-15/h14-16,20H,2-13H2,1H3,(H,18,21). The average Bonchev–Trinajstić information content (AvgIpc) is 2.50. The third kappa shape index (κ3) is 5.50.